The molecule has 0 radical (unpaired) electrons. The smallest absolute Gasteiger partial charge is 0.246 e. The first-order valence-electron chi connectivity index (χ1n) is 9.42. The molecule has 1 amide bonds. The molecule has 0 bridgehead atoms. The summed E-state index contributed by atoms with van der Waals surface area (Å²) < 4.78 is 18.5. The van der Waals surface area contributed by atoms with Gasteiger partial charge in [-0.05, 0) is 35.9 Å². The van der Waals surface area contributed by atoms with Crippen LogP contribution in [0.25, 0.3) is 0 Å². The van der Waals surface area contributed by atoms with E-state index in [9.17, 15) is 9.18 Å². The predicted octanol–water partition coefficient (Wildman–Crippen LogP) is 2.93. The second-order valence-electron chi connectivity index (χ2n) is 6.74. The number of hydrogen-bond acceptors (Lipinski definition) is 4. The van der Waals surface area contributed by atoms with Crippen molar-refractivity contribution in [2.24, 2.45) is 0 Å². The lowest BCUT2D eigenvalue weighted by atomic mass is 10.2. The van der Waals surface area contributed by atoms with Crippen molar-refractivity contribution in [3.63, 3.8) is 0 Å². The third-order valence-corrected chi connectivity index (χ3v) is 5.13. The highest BCUT2D eigenvalue weighted by molar-refractivity contribution is 6.31. The maximum Gasteiger partial charge on any atom is 0.246 e. The number of ether oxygens (including phenoxy) is 1. The molecule has 2 aromatic carbocycles. The monoisotopic (exact) mass is 405 g/mol. The van der Waals surface area contributed by atoms with Gasteiger partial charge in [0.05, 0.1) is 6.61 Å². The van der Waals surface area contributed by atoms with Crippen molar-refractivity contribution in [2.75, 3.05) is 50.8 Å². The second-order valence-corrected chi connectivity index (χ2v) is 7.15. The van der Waals surface area contributed by atoms with E-state index < -0.39 is 0 Å². The Kier molecular flexibility index (Phi) is 7.65. The van der Waals surface area contributed by atoms with Crippen LogP contribution in [-0.4, -0.2) is 56.7 Å². The molecule has 5 nitrogen and oxygen atoms in total. The number of halogens is 2. The Morgan fingerprint density at radius 3 is 2.50 bits per heavy atom. The van der Waals surface area contributed by atoms with Crippen LogP contribution in [0.3, 0.4) is 0 Å². The lowest BCUT2D eigenvalue weighted by Gasteiger charge is -2.36. The van der Waals surface area contributed by atoms with E-state index in [-0.39, 0.29) is 18.3 Å². The summed E-state index contributed by atoms with van der Waals surface area (Å²) in [6, 6.07) is 14.0. The average molecular weight is 406 g/mol. The van der Waals surface area contributed by atoms with Gasteiger partial charge in [-0.15, -0.1) is 0 Å². The van der Waals surface area contributed by atoms with Gasteiger partial charge in [-0.1, -0.05) is 29.8 Å². The zero-order valence-corrected chi connectivity index (χ0v) is 16.5. The molecule has 0 saturated carbocycles. The minimum absolute atomic E-state index is 0.0174. The van der Waals surface area contributed by atoms with Crippen LogP contribution in [0.5, 0.6) is 0 Å². The third kappa shape index (κ3) is 6.19. The van der Waals surface area contributed by atoms with E-state index in [1.54, 1.807) is 6.07 Å². The maximum atomic E-state index is 13.0. The predicted molar refractivity (Wildman–Crippen MR) is 109 cm³/mol. The second kappa shape index (κ2) is 10.4. The lowest BCUT2D eigenvalue weighted by Crippen LogP contribution is -2.48. The number of benzene rings is 2. The molecule has 7 heteroatoms. The van der Waals surface area contributed by atoms with Gasteiger partial charge in [0.15, 0.2) is 0 Å². The Morgan fingerprint density at radius 1 is 1.07 bits per heavy atom. The van der Waals surface area contributed by atoms with E-state index in [1.807, 2.05) is 30.3 Å². The molecule has 150 valence electrons. The third-order valence-electron chi connectivity index (χ3n) is 4.76. The molecule has 28 heavy (non-hydrogen) atoms. The number of piperazine rings is 1. The molecule has 3 rings (SSSR count). The standard InChI is InChI=1S/C21H25ClFN3O2/c22-20-4-2-1-3-17(20)15-28-16-21(27)24-9-10-25-11-13-26(14-12-25)19-7-5-18(23)6-8-19/h1-8H,9-16H2,(H,24,27). The van der Waals surface area contributed by atoms with Crippen molar-refractivity contribution < 1.29 is 13.9 Å². The van der Waals surface area contributed by atoms with Gasteiger partial charge in [-0.25, -0.2) is 4.39 Å². The molecular weight excluding hydrogens is 381 g/mol. The molecule has 1 saturated heterocycles. The molecule has 0 aliphatic carbocycles. The van der Waals surface area contributed by atoms with Gasteiger partial charge in [0.2, 0.25) is 5.91 Å². The summed E-state index contributed by atoms with van der Waals surface area (Å²) in [7, 11) is 0. The SMILES string of the molecule is O=C(COCc1ccccc1Cl)NCCN1CCN(c2ccc(F)cc2)CC1. The molecule has 1 fully saturated rings. The largest absolute Gasteiger partial charge is 0.369 e. The summed E-state index contributed by atoms with van der Waals surface area (Å²) in [5.74, 6) is -0.342. The van der Waals surface area contributed by atoms with Gasteiger partial charge in [0, 0.05) is 50.0 Å². The van der Waals surface area contributed by atoms with E-state index >= 15 is 0 Å². The maximum absolute atomic E-state index is 13.0. The van der Waals surface area contributed by atoms with E-state index in [0.717, 1.165) is 44.0 Å². The molecular formula is C21H25ClFN3O2. The van der Waals surface area contributed by atoms with E-state index in [0.29, 0.717) is 18.2 Å². The first-order chi connectivity index (χ1) is 13.6. The summed E-state index contributed by atoms with van der Waals surface area (Å²) in [5.41, 5.74) is 1.92. The normalized spacial score (nSPS) is 14.9. The van der Waals surface area contributed by atoms with Gasteiger partial charge < -0.3 is 15.0 Å². The molecule has 1 heterocycles. The fraction of sp³-hybridized carbons (Fsp3) is 0.381. The highest BCUT2D eigenvalue weighted by atomic mass is 35.5. The Morgan fingerprint density at radius 2 is 1.79 bits per heavy atom. The Bertz CT molecular complexity index is 765. The number of hydrogen-bond donors (Lipinski definition) is 1. The molecule has 0 aromatic heterocycles. The first-order valence-corrected chi connectivity index (χ1v) is 9.80. The number of carbonyl (C=O) groups excluding carboxylic acids is 1. The van der Waals surface area contributed by atoms with Crippen LogP contribution in [0.1, 0.15) is 5.56 Å². The quantitative estimate of drug-likeness (QED) is 0.733. The molecule has 0 spiro atoms. The fourth-order valence-electron chi connectivity index (χ4n) is 3.16. The highest BCUT2D eigenvalue weighted by Crippen LogP contribution is 2.17. The summed E-state index contributed by atoms with van der Waals surface area (Å²) >= 11 is 6.06. The van der Waals surface area contributed by atoms with Crippen molar-refractivity contribution in [3.05, 3.63) is 64.9 Å². The van der Waals surface area contributed by atoms with Gasteiger partial charge in [-0.3, -0.25) is 9.69 Å². The minimum atomic E-state index is -0.214. The van der Waals surface area contributed by atoms with Crippen molar-refractivity contribution >= 4 is 23.2 Å². The van der Waals surface area contributed by atoms with Crippen LogP contribution < -0.4 is 10.2 Å². The first kappa shape index (κ1) is 20.6. The molecule has 0 atom stereocenters. The summed E-state index contributed by atoms with van der Waals surface area (Å²) in [6.07, 6.45) is 0. The van der Waals surface area contributed by atoms with E-state index in [4.69, 9.17) is 16.3 Å². The molecule has 1 N–H and O–H groups in total. The van der Waals surface area contributed by atoms with Crippen LogP contribution in [0.15, 0.2) is 48.5 Å². The number of carbonyl (C=O) groups is 1. The Labute approximate surface area is 170 Å². The fourth-order valence-corrected chi connectivity index (χ4v) is 3.35. The number of rotatable bonds is 8. The number of nitrogens with one attached hydrogen (secondary N) is 1. The van der Waals surface area contributed by atoms with E-state index in [1.165, 1.54) is 12.1 Å². The van der Waals surface area contributed by atoms with Gasteiger partial charge in [0.1, 0.15) is 12.4 Å². The molecule has 2 aromatic rings. The van der Waals surface area contributed by atoms with Gasteiger partial charge >= 0.3 is 0 Å². The van der Waals surface area contributed by atoms with Crippen LogP contribution in [0.2, 0.25) is 5.02 Å². The molecule has 1 aliphatic rings. The summed E-state index contributed by atoms with van der Waals surface area (Å²) in [6.45, 7) is 5.33. The van der Waals surface area contributed by atoms with Crippen molar-refractivity contribution in [3.8, 4) is 0 Å². The number of amides is 1. The molecule has 1 aliphatic heterocycles. The van der Waals surface area contributed by atoms with Crippen molar-refractivity contribution in [1.82, 2.24) is 10.2 Å². The van der Waals surface area contributed by atoms with Gasteiger partial charge in [-0.2, -0.15) is 0 Å². The molecule has 0 unspecified atom stereocenters. The number of anilines is 1. The van der Waals surface area contributed by atoms with Crippen LogP contribution in [-0.2, 0) is 16.1 Å². The average Bonchev–Trinajstić information content (AvgIpc) is 2.71. The zero-order valence-electron chi connectivity index (χ0n) is 15.7. The summed E-state index contributed by atoms with van der Waals surface area (Å²) in [5, 5.41) is 3.53. The van der Waals surface area contributed by atoms with Gasteiger partial charge in [0.25, 0.3) is 0 Å². The Balaban J connectivity index is 1.29. The minimum Gasteiger partial charge on any atom is -0.369 e. The Hall–Kier alpha value is -2.15. The highest BCUT2D eigenvalue weighted by Gasteiger charge is 2.17. The van der Waals surface area contributed by atoms with Crippen LogP contribution >= 0.6 is 11.6 Å². The summed E-state index contributed by atoms with van der Waals surface area (Å²) in [4.78, 5) is 16.5. The van der Waals surface area contributed by atoms with Crippen molar-refractivity contribution in [2.45, 2.75) is 6.61 Å². The van der Waals surface area contributed by atoms with Crippen molar-refractivity contribution in [1.29, 1.82) is 0 Å². The zero-order chi connectivity index (χ0) is 19.8. The van der Waals surface area contributed by atoms with E-state index in [2.05, 4.69) is 15.1 Å². The van der Waals surface area contributed by atoms with Crippen LogP contribution in [0, 0.1) is 5.82 Å². The number of nitrogens with zero attached hydrogens (tertiary/aromatic N) is 2. The van der Waals surface area contributed by atoms with Crippen LogP contribution in [0.4, 0.5) is 10.1 Å². The lowest BCUT2D eigenvalue weighted by molar-refractivity contribution is -0.126. The topological polar surface area (TPSA) is 44.8 Å².